The first-order valence-electron chi connectivity index (χ1n) is 25.2. The molecule has 6 aromatic carbocycles. The molecule has 4 bridgehead atoms. The van der Waals surface area contributed by atoms with Crippen LogP contribution >= 0.6 is 0 Å². The van der Waals surface area contributed by atoms with E-state index in [1.807, 2.05) is 38.1 Å². The summed E-state index contributed by atoms with van der Waals surface area (Å²) < 4.78 is 41.4. The number of benzene rings is 6. The highest BCUT2D eigenvalue weighted by Gasteiger charge is 2.52. The lowest BCUT2D eigenvalue weighted by Crippen LogP contribution is -2.91. The second-order valence-electron chi connectivity index (χ2n) is 23.3. The summed E-state index contributed by atoms with van der Waals surface area (Å²) in [6.07, 6.45) is 8.06. The molecule has 4 atom stereocenters. The number of allylic oxidation sites excluding steroid dienone is 3. The van der Waals surface area contributed by atoms with E-state index in [9.17, 15) is 4.79 Å². The third kappa shape index (κ3) is 6.48. The van der Waals surface area contributed by atoms with Crippen molar-refractivity contribution >= 4 is 67.3 Å². The molecule has 2 heterocycles. The Morgan fingerprint density at radius 1 is 0.701 bits per heavy atom. The first-order valence-corrected chi connectivity index (χ1v) is 25.2. The lowest BCUT2D eigenvalue weighted by molar-refractivity contribution is -0.341. The number of rotatable bonds is 6. The third-order valence-corrected chi connectivity index (χ3v) is 17.2. The maximum absolute atomic E-state index is 17.0. The summed E-state index contributed by atoms with van der Waals surface area (Å²) in [6, 6.07) is 28.7. The largest absolute Gasteiger partial charge is 0.730 e. The number of ether oxygens (including phenoxy) is 1. The van der Waals surface area contributed by atoms with E-state index in [4.69, 9.17) is 4.74 Å². The molecule has 0 radical (unpaired) electrons. The SMILES string of the molecule is CC1=[NH+][B-](F)(F)n2c(C)c3c(c2/C(c2ccc(OC(=O)CCCc4ccc5c6cc(C(C)(C)C)cc7cc(C(C)(C)C)cc(c8cccc4c85)c76)cc2)=C(\C)C2=C1C1CCC2C1)C1CCC3C1. The van der Waals surface area contributed by atoms with E-state index in [1.54, 1.807) is 0 Å². The number of hydrogen-bond donors (Lipinski definition) is 1. The summed E-state index contributed by atoms with van der Waals surface area (Å²) in [4.78, 5) is 16.4. The van der Waals surface area contributed by atoms with Crippen molar-refractivity contribution in [1.82, 2.24) is 4.48 Å². The Morgan fingerprint density at radius 3 is 1.97 bits per heavy atom. The first kappa shape index (κ1) is 42.8. The average molecular weight is 893 g/mol. The molecule has 0 amide bonds. The number of aromatic nitrogens is 1. The highest BCUT2D eigenvalue weighted by molar-refractivity contribution is 6.56. The van der Waals surface area contributed by atoms with Gasteiger partial charge in [-0.1, -0.05) is 96.1 Å². The van der Waals surface area contributed by atoms with Crippen LogP contribution in [0.3, 0.4) is 0 Å². The maximum atomic E-state index is 17.0. The fourth-order valence-electron chi connectivity index (χ4n) is 14.1. The Bertz CT molecular complexity index is 3300. The number of halogens is 2. The van der Waals surface area contributed by atoms with E-state index in [1.165, 1.54) is 69.8 Å². The molecule has 67 heavy (non-hydrogen) atoms. The summed E-state index contributed by atoms with van der Waals surface area (Å²) in [5, 5.41) is 10.3. The third-order valence-electron chi connectivity index (χ3n) is 17.2. The summed E-state index contributed by atoms with van der Waals surface area (Å²) in [7, 11) is 0. The van der Waals surface area contributed by atoms with E-state index >= 15 is 8.63 Å². The second-order valence-corrected chi connectivity index (χ2v) is 23.3. The fraction of sp³-hybridized carbons (Fsp3) is 0.400. The fourth-order valence-corrected chi connectivity index (χ4v) is 14.1. The van der Waals surface area contributed by atoms with E-state index in [2.05, 4.69) is 108 Å². The number of fused-ring (bicyclic) bond motifs is 13. The normalized spacial score (nSPS) is 23.3. The van der Waals surface area contributed by atoms with Crippen molar-refractivity contribution in [1.29, 1.82) is 0 Å². The van der Waals surface area contributed by atoms with Gasteiger partial charge in [0.15, 0.2) is 0 Å². The van der Waals surface area contributed by atoms with Crippen molar-refractivity contribution in [2.45, 2.75) is 143 Å². The molecular weight excluding hydrogens is 829 g/mol. The molecule has 1 aliphatic heterocycles. The number of hydrogen-bond acceptors (Lipinski definition) is 2. The van der Waals surface area contributed by atoms with Crippen LogP contribution in [0.25, 0.3) is 48.7 Å². The molecule has 7 aromatic rings. The van der Waals surface area contributed by atoms with Gasteiger partial charge in [0.2, 0.25) is 0 Å². The van der Waals surface area contributed by atoms with Crippen LogP contribution in [0.1, 0.15) is 163 Å². The van der Waals surface area contributed by atoms with Crippen LogP contribution in [0.5, 0.6) is 5.75 Å². The number of esters is 1. The van der Waals surface area contributed by atoms with Crippen LogP contribution < -0.4 is 9.64 Å². The summed E-state index contributed by atoms with van der Waals surface area (Å²) in [5.74, 6) is 1.55. The zero-order valence-corrected chi connectivity index (χ0v) is 40.8. The van der Waals surface area contributed by atoms with Crippen molar-refractivity contribution in [3.63, 3.8) is 0 Å². The Balaban J connectivity index is 0.850. The second kappa shape index (κ2) is 14.7. The van der Waals surface area contributed by atoms with Gasteiger partial charge in [-0.05, 0) is 217 Å². The van der Waals surface area contributed by atoms with Crippen LogP contribution in [0, 0.1) is 18.8 Å². The topological polar surface area (TPSA) is 45.2 Å². The minimum atomic E-state index is -4.15. The minimum Gasteiger partial charge on any atom is -0.427 e. The van der Waals surface area contributed by atoms with Crippen LogP contribution in [-0.2, 0) is 22.0 Å². The minimum absolute atomic E-state index is 0.00000265. The van der Waals surface area contributed by atoms with Crippen LogP contribution in [0.15, 0.2) is 95.6 Å². The Hall–Kier alpha value is -5.56. The molecule has 7 heteroatoms. The molecule has 1 N–H and O–H groups in total. The molecule has 0 spiro atoms. The standard InChI is InChI=1S/C60H63BF2N2O2/c1-32-51-37-16-17-38(26-37)53(51)33(2)64-61(62,63)65-34(3)54-39-18-19-40(27-39)56(54)58(65)52(32)36-20-23-44(24-21-36)67-50(66)15-10-12-35-22-25-47-49-31-43(60(7,8)9)29-41-28-42(59(4,5)6)30-48(55(41)49)46-14-11-13-45(35)57(46)47/h11,13-14,20-25,28-31,37-40,64H,10,12,15-19,26-27H2,1-9H3/b52-32+,64-33?. The lowest BCUT2D eigenvalue weighted by Gasteiger charge is -2.26. The first-order chi connectivity index (χ1) is 31.9. The highest BCUT2D eigenvalue weighted by Crippen LogP contribution is 2.60. The maximum Gasteiger partial charge on any atom is 0.730 e. The van der Waals surface area contributed by atoms with Gasteiger partial charge < -0.3 is 22.7 Å². The summed E-state index contributed by atoms with van der Waals surface area (Å²) in [5.41, 5.74) is 13.6. The van der Waals surface area contributed by atoms with Gasteiger partial charge in [-0.2, -0.15) is 0 Å². The van der Waals surface area contributed by atoms with E-state index in [-0.39, 0.29) is 23.2 Å². The van der Waals surface area contributed by atoms with Crippen LogP contribution in [-0.4, -0.2) is 23.1 Å². The predicted molar refractivity (Wildman–Crippen MR) is 273 cm³/mol. The zero-order chi connectivity index (χ0) is 46.6. The summed E-state index contributed by atoms with van der Waals surface area (Å²) >= 11 is 0. The van der Waals surface area contributed by atoms with Gasteiger partial charge in [0.05, 0.1) is 0 Å². The molecular formula is C60H63BF2N2O2. The Labute approximate surface area is 394 Å². The smallest absolute Gasteiger partial charge is 0.427 e. The van der Waals surface area contributed by atoms with Crippen molar-refractivity contribution in [3.8, 4) is 5.75 Å². The van der Waals surface area contributed by atoms with Crippen molar-refractivity contribution in [3.05, 3.63) is 140 Å². The Kier molecular flexibility index (Phi) is 9.40. The molecule has 0 saturated heterocycles. The van der Waals surface area contributed by atoms with E-state index in [0.29, 0.717) is 52.9 Å². The van der Waals surface area contributed by atoms with Crippen molar-refractivity contribution in [2.24, 2.45) is 11.8 Å². The highest BCUT2D eigenvalue weighted by atomic mass is 19.2. The molecule has 4 unspecified atom stereocenters. The zero-order valence-electron chi connectivity index (χ0n) is 40.8. The van der Waals surface area contributed by atoms with Gasteiger partial charge in [0.1, 0.15) is 11.5 Å². The van der Waals surface area contributed by atoms with E-state index < -0.39 is 6.97 Å². The van der Waals surface area contributed by atoms with Gasteiger partial charge >= 0.3 is 12.9 Å². The molecule has 1 aromatic heterocycles. The molecule has 12 rings (SSSR count). The number of nitrogens with one attached hydrogen (secondary N) is 1. The van der Waals surface area contributed by atoms with Crippen LogP contribution in [0.2, 0.25) is 0 Å². The number of carbonyl (C=O) groups is 1. The van der Waals surface area contributed by atoms with Gasteiger partial charge in [-0.25, -0.2) is 0 Å². The molecule has 2 fully saturated rings. The van der Waals surface area contributed by atoms with Gasteiger partial charge in [0.25, 0.3) is 0 Å². The molecule has 4 aliphatic carbocycles. The van der Waals surface area contributed by atoms with Crippen LogP contribution in [0.4, 0.5) is 8.63 Å². The molecule has 342 valence electrons. The Morgan fingerprint density at radius 2 is 1.30 bits per heavy atom. The average Bonchev–Trinajstić information content (AvgIpc) is 4.13. The monoisotopic (exact) mass is 892 g/mol. The lowest BCUT2D eigenvalue weighted by atomic mass is 9.79. The van der Waals surface area contributed by atoms with Gasteiger partial charge in [-0.15, -0.1) is 0 Å². The van der Waals surface area contributed by atoms with Crippen molar-refractivity contribution in [2.75, 3.05) is 0 Å². The number of carbonyl (C=O) groups excluding carboxylic acids is 1. The van der Waals surface area contributed by atoms with Gasteiger partial charge in [-0.3, -0.25) is 4.79 Å². The number of nitrogens with zero attached hydrogens (tertiary/aromatic N) is 1. The molecule has 5 aliphatic rings. The van der Waals surface area contributed by atoms with E-state index in [0.717, 1.165) is 78.4 Å². The van der Waals surface area contributed by atoms with Gasteiger partial charge in [0, 0.05) is 30.2 Å². The quantitative estimate of drug-likeness (QED) is 0.0594. The number of aryl methyl sites for hydroxylation is 1. The summed E-state index contributed by atoms with van der Waals surface area (Å²) in [6.45, 7) is 15.6. The predicted octanol–water partition coefficient (Wildman–Crippen LogP) is 14.1. The van der Waals surface area contributed by atoms with Crippen molar-refractivity contribution < 1.29 is 23.1 Å². The molecule has 4 nitrogen and oxygen atoms in total. The molecule has 2 saturated carbocycles.